The zero-order valence-corrected chi connectivity index (χ0v) is 18.9. The highest BCUT2D eigenvalue weighted by atomic mass is 16.2. The van der Waals surface area contributed by atoms with Crippen LogP contribution in [-0.2, 0) is 4.79 Å². The molecule has 0 spiro atoms. The molecule has 32 heavy (non-hydrogen) atoms. The molecular weight excluding hydrogens is 404 g/mol. The fourth-order valence-corrected chi connectivity index (χ4v) is 4.39. The molecule has 0 aliphatic carbocycles. The molecule has 4 rings (SSSR count). The SMILES string of the molecule is CC(c1nc(N)nc(Nc2ccccc2)n1)N1CCN(CC(=O)N2CCCCCC2)CC1. The van der Waals surface area contributed by atoms with Crippen LogP contribution >= 0.6 is 0 Å². The van der Waals surface area contributed by atoms with Crippen LogP contribution in [0, 0.1) is 0 Å². The first kappa shape index (κ1) is 22.4. The zero-order valence-electron chi connectivity index (χ0n) is 18.9. The van der Waals surface area contributed by atoms with Crippen LogP contribution in [0.4, 0.5) is 17.6 Å². The molecule has 0 saturated carbocycles. The molecule has 0 bridgehead atoms. The molecule has 2 aliphatic rings. The summed E-state index contributed by atoms with van der Waals surface area (Å²) in [5.41, 5.74) is 6.87. The third kappa shape index (κ3) is 5.92. The lowest BCUT2D eigenvalue weighted by atomic mass is 10.2. The molecule has 9 heteroatoms. The number of piperazine rings is 1. The van der Waals surface area contributed by atoms with Gasteiger partial charge in [-0.15, -0.1) is 0 Å². The van der Waals surface area contributed by atoms with Gasteiger partial charge in [0, 0.05) is 45.0 Å². The molecule has 3 N–H and O–H groups in total. The summed E-state index contributed by atoms with van der Waals surface area (Å²) in [7, 11) is 0. The van der Waals surface area contributed by atoms with Gasteiger partial charge in [0.05, 0.1) is 12.6 Å². The average Bonchev–Trinajstić information content (AvgIpc) is 3.09. The summed E-state index contributed by atoms with van der Waals surface area (Å²) >= 11 is 0. The van der Waals surface area contributed by atoms with Gasteiger partial charge >= 0.3 is 0 Å². The van der Waals surface area contributed by atoms with Crippen molar-refractivity contribution < 1.29 is 4.79 Å². The number of aromatic nitrogens is 3. The Hall–Kier alpha value is -2.78. The van der Waals surface area contributed by atoms with Gasteiger partial charge in [0.2, 0.25) is 17.8 Å². The molecule has 1 aromatic carbocycles. The number of nitrogens with zero attached hydrogens (tertiary/aromatic N) is 6. The zero-order chi connectivity index (χ0) is 22.3. The quantitative estimate of drug-likeness (QED) is 0.708. The normalized spacial score (nSPS) is 19.3. The van der Waals surface area contributed by atoms with Crippen LogP contribution in [0.1, 0.15) is 44.5 Å². The third-order valence-electron chi connectivity index (χ3n) is 6.35. The molecule has 172 valence electrons. The van der Waals surface area contributed by atoms with E-state index in [1.165, 1.54) is 12.8 Å². The second-order valence-corrected chi connectivity index (χ2v) is 8.65. The minimum Gasteiger partial charge on any atom is -0.368 e. The van der Waals surface area contributed by atoms with E-state index in [-0.39, 0.29) is 17.9 Å². The number of rotatable bonds is 6. The highest BCUT2D eigenvalue weighted by Crippen LogP contribution is 2.21. The van der Waals surface area contributed by atoms with Gasteiger partial charge in [-0.25, -0.2) is 0 Å². The van der Waals surface area contributed by atoms with Gasteiger partial charge < -0.3 is 16.0 Å². The van der Waals surface area contributed by atoms with Gasteiger partial charge in [-0.1, -0.05) is 31.0 Å². The minimum absolute atomic E-state index is 0.0140. The Kier molecular flexibility index (Phi) is 7.49. The number of nitrogens with one attached hydrogen (secondary N) is 1. The number of carbonyl (C=O) groups excluding carboxylic acids is 1. The van der Waals surface area contributed by atoms with E-state index in [0.717, 1.165) is 57.8 Å². The predicted octanol–water partition coefficient (Wildman–Crippen LogP) is 2.28. The van der Waals surface area contributed by atoms with Crippen LogP contribution in [0.2, 0.25) is 0 Å². The molecule has 1 unspecified atom stereocenters. The maximum Gasteiger partial charge on any atom is 0.236 e. The van der Waals surface area contributed by atoms with E-state index < -0.39 is 0 Å². The fraction of sp³-hybridized carbons (Fsp3) is 0.565. The van der Waals surface area contributed by atoms with Crippen LogP contribution in [0.25, 0.3) is 0 Å². The molecule has 1 aromatic heterocycles. The predicted molar refractivity (Wildman–Crippen MR) is 125 cm³/mol. The summed E-state index contributed by atoms with van der Waals surface area (Å²) in [6, 6.07) is 9.78. The van der Waals surface area contributed by atoms with Crippen LogP contribution < -0.4 is 11.1 Å². The van der Waals surface area contributed by atoms with Crippen molar-refractivity contribution in [2.75, 3.05) is 56.9 Å². The Morgan fingerprint density at radius 3 is 2.34 bits per heavy atom. The van der Waals surface area contributed by atoms with Crippen molar-refractivity contribution in [3.63, 3.8) is 0 Å². The lowest BCUT2D eigenvalue weighted by Crippen LogP contribution is -2.50. The van der Waals surface area contributed by atoms with Crippen LogP contribution in [0.5, 0.6) is 0 Å². The summed E-state index contributed by atoms with van der Waals surface area (Å²) < 4.78 is 0. The first-order valence-electron chi connectivity index (χ1n) is 11.7. The number of anilines is 3. The number of hydrogen-bond donors (Lipinski definition) is 2. The lowest BCUT2D eigenvalue weighted by Gasteiger charge is -2.37. The molecule has 0 radical (unpaired) electrons. The monoisotopic (exact) mass is 438 g/mol. The van der Waals surface area contributed by atoms with Crippen molar-refractivity contribution in [1.29, 1.82) is 0 Å². The number of benzene rings is 1. The third-order valence-corrected chi connectivity index (χ3v) is 6.35. The molecule has 2 aromatic rings. The molecule has 2 fully saturated rings. The number of likely N-dealkylation sites (tertiary alicyclic amines) is 1. The minimum atomic E-state index is 0.0140. The first-order valence-corrected chi connectivity index (χ1v) is 11.7. The van der Waals surface area contributed by atoms with Crippen molar-refractivity contribution in [3.8, 4) is 0 Å². The van der Waals surface area contributed by atoms with E-state index in [9.17, 15) is 4.79 Å². The molecule has 3 heterocycles. The van der Waals surface area contributed by atoms with E-state index in [2.05, 4.69) is 41.9 Å². The maximum absolute atomic E-state index is 12.7. The maximum atomic E-state index is 12.7. The summed E-state index contributed by atoms with van der Waals surface area (Å²) in [5, 5.41) is 3.20. The van der Waals surface area contributed by atoms with Crippen LogP contribution in [0.3, 0.4) is 0 Å². The summed E-state index contributed by atoms with van der Waals surface area (Å²) in [5.74, 6) is 1.59. The number of nitrogens with two attached hydrogens (primary N) is 1. The smallest absolute Gasteiger partial charge is 0.236 e. The molecule has 9 nitrogen and oxygen atoms in total. The van der Waals surface area contributed by atoms with E-state index in [4.69, 9.17) is 5.73 Å². The number of nitrogen functional groups attached to an aromatic ring is 1. The topological polar surface area (TPSA) is 104 Å². The summed E-state index contributed by atoms with van der Waals surface area (Å²) in [6.45, 7) is 7.89. The molecule has 2 aliphatic heterocycles. The van der Waals surface area contributed by atoms with Crippen LogP contribution in [-0.4, -0.2) is 81.4 Å². The van der Waals surface area contributed by atoms with Crippen molar-refractivity contribution >= 4 is 23.5 Å². The van der Waals surface area contributed by atoms with Gasteiger partial charge in [0.1, 0.15) is 0 Å². The van der Waals surface area contributed by atoms with E-state index in [0.29, 0.717) is 18.3 Å². The van der Waals surface area contributed by atoms with E-state index in [1.807, 2.05) is 30.3 Å². The Morgan fingerprint density at radius 1 is 0.969 bits per heavy atom. The van der Waals surface area contributed by atoms with Crippen molar-refractivity contribution in [1.82, 2.24) is 29.7 Å². The Labute approximate surface area is 190 Å². The Balaban J connectivity index is 1.32. The largest absolute Gasteiger partial charge is 0.368 e. The highest BCUT2D eigenvalue weighted by molar-refractivity contribution is 5.78. The number of amides is 1. The number of para-hydroxylation sites is 1. The number of carbonyl (C=O) groups is 1. The molecule has 2 saturated heterocycles. The highest BCUT2D eigenvalue weighted by Gasteiger charge is 2.26. The average molecular weight is 439 g/mol. The number of hydrogen-bond acceptors (Lipinski definition) is 8. The second kappa shape index (κ2) is 10.7. The summed E-state index contributed by atoms with van der Waals surface area (Å²) in [4.78, 5) is 32.6. The molecule has 1 amide bonds. The van der Waals surface area contributed by atoms with E-state index >= 15 is 0 Å². The fourth-order valence-electron chi connectivity index (χ4n) is 4.39. The Morgan fingerprint density at radius 2 is 1.66 bits per heavy atom. The lowest BCUT2D eigenvalue weighted by molar-refractivity contribution is -0.132. The Bertz CT molecular complexity index is 877. The van der Waals surface area contributed by atoms with Gasteiger partial charge in [0.25, 0.3) is 0 Å². The van der Waals surface area contributed by atoms with Crippen molar-refractivity contribution in [2.45, 2.75) is 38.6 Å². The summed E-state index contributed by atoms with van der Waals surface area (Å²) in [6.07, 6.45) is 4.75. The van der Waals surface area contributed by atoms with Crippen LogP contribution in [0.15, 0.2) is 30.3 Å². The first-order chi connectivity index (χ1) is 15.6. The molecule has 1 atom stereocenters. The standard InChI is InChI=1S/C23H34N8O/c1-18(21-26-22(24)28-23(27-21)25-19-9-5-4-6-10-19)30-15-13-29(14-16-30)17-20(32)31-11-7-2-3-8-12-31/h4-6,9-10,18H,2-3,7-8,11-17H2,1H3,(H3,24,25,26,27,28). The second-order valence-electron chi connectivity index (χ2n) is 8.65. The van der Waals surface area contributed by atoms with Gasteiger partial charge in [0.15, 0.2) is 5.82 Å². The van der Waals surface area contributed by atoms with Gasteiger partial charge in [-0.3, -0.25) is 14.6 Å². The van der Waals surface area contributed by atoms with Gasteiger partial charge in [-0.05, 0) is 31.9 Å². The van der Waals surface area contributed by atoms with Crippen molar-refractivity contribution in [2.24, 2.45) is 0 Å². The van der Waals surface area contributed by atoms with E-state index in [1.54, 1.807) is 0 Å². The van der Waals surface area contributed by atoms with Gasteiger partial charge in [-0.2, -0.15) is 15.0 Å². The molecular formula is C23H34N8O. The van der Waals surface area contributed by atoms with Crippen molar-refractivity contribution in [3.05, 3.63) is 36.2 Å².